The average Bonchev–Trinajstić information content (AvgIpc) is 2.14. The fourth-order valence-corrected chi connectivity index (χ4v) is 2.07. The number of nitrogens with two attached hydrogens (primary N) is 1. The predicted molar refractivity (Wildman–Crippen MR) is 67.8 cm³/mol. The number of ether oxygens (including phenoxy) is 1. The second-order valence-electron chi connectivity index (χ2n) is 5.80. The minimum absolute atomic E-state index is 0.0913. The second-order valence-corrected chi connectivity index (χ2v) is 5.80. The molecule has 2 atom stereocenters. The minimum atomic E-state index is -0.455. The molecule has 0 aromatic rings. The van der Waals surface area contributed by atoms with Gasteiger partial charge in [-0.1, -0.05) is 0 Å². The van der Waals surface area contributed by atoms with Crippen LogP contribution >= 0.6 is 0 Å². The highest BCUT2D eigenvalue weighted by Gasteiger charge is 2.29. The molecule has 1 rings (SSSR count). The molecule has 1 aliphatic rings. The molecule has 0 aromatic heterocycles. The number of nitrogens with one attached hydrogen (secondary N) is 1. The van der Waals surface area contributed by atoms with Crippen LogP contribution in [-0.2, 0) is 4.74 Å². The van der Waals surface area contributed by atoms with Crippen LogP contribution < -0.4 is 11.1 Å². The van der Waals surface area contributed by atoms with Crippen molar-refractivity contribution in [1.82, 2.24) is 10.2 Å². The lowest BCUT2D eigenvalue weighted by Gasteiger charge is -2.36. The van der Waals surface area contributed by atoms with Crippen molar-refractivity contribution in [2.24, 2.45) is 11.7 Å². The number of piperidine rings is 1. The van der Waals surface area contributed by atoms with E-state index in [0.29, 0.717) is 12.5 Å². The number of carbonyl (C=O) groups is 1. The van der Waals surface area contributed by atoms with Gasteiger partial charge < -0.3 is 20.7 Å². The van der Waals surface area contributed by atoms with Gasteiger partial charge in [-0.05, 0) is 53.2 Å². The van der Waals surface area contributed by atoms with Crippen LogP contribution in [0.15, 0.2) is 0 Å². The number of alkyl carbamates (subject to hydrolysis) is 1. The Hall–Kier alpha value is -0.810. The first kappa shape index (κ1) is 14.3. The van der Waals surface area contributed by atoms with Gasteiger partial charge in [0.1, 0.15) is 5.60 Å². The Morgan fingerprint density at radius 2 is 2.18 bits per heavy atom. The maximum Gasteiger partial charge on any atom is 0.407 e. The van der Waals surface area contributed by atoms with Gasteiger partial charge in [-0.25, -0.2) is 4.79 Å². The van der Waals surface area contributed by atoms with Crippen LogP contribution in [0.1, 0.15) is 27.2 Å². The predicted octanol–water partition coefficient (Wildman–Crippen LogP) is 0.790. The van der Waals surface area contributed by atoms with Crippen molar-refractivity contribution in [3.8, 4) is 0 Å². The van der Waals surface area contributed by atoms with E-state index in [0.717, 1.165) is 19.5 Å². The van der Waals surface area contributed by atoms with Gasteiger partial charge in [-0.2, -0.15) is 0 Å². The molecule has 0 radical (unpaired) electrons. The monoisotopic (exact) mass is 243 g/mol. The highest BCUT2D eigenvalue weighted by Crippen LogP contribution is 2.16. The third kappa shape index (κ3) is 4.91. The van der Waals surface area contributed by atoms with E-state index in [-0.39, 0.29) is 12.1 Å². The lowest BCUT2D eigenvalue weighted by Crippen LogP contribution is -2.54. The maximum atomic E-state index is 11.7. The van der Waals surface area contributed by atoms with Gasteiger partial charge in [0.2, 0.25) is 0 Å². The number of carbonyl (C=O) groups excluding carboxylic acids is 1. The molecule has 3 N–H and O–H groups in total. The molecule has 1 saturated heterocycles. The van der Waals surface area contributed by atoms with E-state index in [1.54, 1.807) is 0 Å². The molecule has 17 heavy (non-hydrogen) atoms. The maximum absolute atomic E-state index is 11.7. The largest absolute Gasteiger partial charge is 0.444 e. The normalized spacial score (nSPS) is 26.6. The summed E-state index contributed by atoms with van der Waals surface area (Å²) in [5.74, 6) is 0.346. The Balaban J connectivity index is 2.49. The number of likely N-dealkylation sites (N-methyl/N-ethyl adjacent to an activating group) is 1. The second kappa shape index (κ2) is 5.69. The molecule has 5 heteroatoms. The molecule has 1 heterocycles. The van der Waals surface area contributed by atoms with Gasteiger partial charge >= 0.3 is 6.09 Å². The van der Waals surface area contributed by atoms with E-state index in [1.807, 2.05) is 20.8 Å². The summed E-state index contributed by atoms with van der Waals surface area (Å²) in [7, 11) is 2.05. The van der Waals surface area contributed by atoms with Crippen LogP contribution in [-0.4, -0.2) is 49.3 Å². The summed E-state index contributed by atoms with van der Waals surface area (Å²) >= 11 is 0. The van der Waals surface area contributed by atoms with Crippen molar-refractivity contribution in [1.29, 1.82) is 0 Å². The number of amides is 1. The van der Waals surface area contributed by atoms with Crippen molar-refractivity contribution < 1.29 is 9.53 Å². The zero-order chi connectivity index (χ0) is 13.1. The molecule has 0 aromatic carbocycles. The molecular weight excluding hydrogens is 218 g/mol. The lowest BCUT2D eigenvalue weighted by molar-refractivity contribution is 0.0445. The van der Waals surface area contributed by atoms with Crippen LogP contribution in [0.3, 0.4) is 0 Å². The fraction of sp³-hybridized carbons (Fsp3) is 0.917. The molecule has 1 amide bonds. The third-order valence-corrected chi connectivity index (χ3v) is 2.96. The Labute approximate surface area is 104 Å². The summed E-state index contributed by atoms with van der Waals surface area (Å²) in [5.41, 5.74) is 5.28. The van der Waals surface area contributed by atoms with Crippen molar-refractivity contribution in [2.75, 3.05) is 26.7 Å². The fourth-order valence-electron chi connectivity index (χ4n) is 2.07. The average molecular weight is 243 g/mol. The number of likely N-dealkylation sites (tertiary alicyclic amines) is 1. The minimum Gasteiger partial charge on any atom is -0.444 e. The first-order chi connectivity index (χ1) is 7.81. The summed E-state index contributed by atoms with van der Waals surface area (Å²) < 4.78 is 5.26. The number of rotatable bonds is 2. The van der Waals surface area contributed by atoms with Crippen molar-refractivity contribution in [3.05, 3.63) is 0 Å². The lowest BCUT2D eigenvalue weighted by atomic mass is 9.92. The van der Waals surface area contributed by atoms with E-state index in [4.69, 9.17) is 10.5 Å². The molecule has 0 bridgehead atoms. The zero-order valence-electron chi connectivity index (χ0n) is 11.3. The zero-order valence-corrected chi connectivity index (χ0v) is 11.3. The van der Waals surface area contributed by atoms with Gasteiger partial charge in [0.05, 0.1) is 0 Å². The van der Waals surface area contributed by atoms with E-state index >= 15 is 0 Å². The van der Waals surface area contributed by atoms with Gasteiger partial charge in [-0.15, -0.1) is 0 Å². The summed E-state index contributed by atoms with van der Waals surface area (Å²) in [6, 6.07) is 0.0913. The Kier molecular flexibility index (Phi) is 4.77. The van der Waals surface area contributed by atoms with E-state index < -0.39 is 5.60 Å². The topological polar surface area (TPSA) is 67.6 Å². The van der Waals surface area contributed by atoms with Crippen LogP contribution in [0.5, 0.6) is 0 Å². The highest BCUT2D eigenvalue weighted by molar-refractivity contribution is 5.68. The Morgan fingerprint density at radius 1 is 1.53 bits per heavy atom. The Morgan fingerprint density at radius 3 is 2.71 bits per heavy atom. The third-order valence-electron chi connectivity index (χ3n) is 2.96. The molecular formula is C12H25N3O2. The standard InChI is InChI=1S/C12H25N3O2/c1-12(2,3)17-11(16)14-10-8-15(4)6-5-9(10)7-13/h9-10H,5-8,13H2,1-4H3,(H,14,16). The van der Waals surface area contributed by atoms with Gasteiger partial charge in [-0.3, -0.25) is 0 Å². The first-order valence-electron chi connectivity index (χ1n) is 6.20. The molecule has 1 fully saturated rings. The van der Waals surface area contributed by atoms with Gasteiger partial charge in [0.25, 0.3) is 0 Å². The highest BCUT2D eigenvalue weighted by atomic mass is 16.6. The van der Waals surface area contributed by atoms with Crippen molar-refractivity contribution in [2.45, 2.75) is 38.8 Å². The smallest absolute Gasteiger partial charge is 0.407 e. The molecule has 5 nitrogen and oxygen atoms in total. The summed E-state index contributed by atoms with van der Waals surface area (Å²) in [5, 5.41) is 2.92. The SMILES string of the molecule is CN1CCC(CN)C(NC(=O)OC(C)(C)C)C1. The van der Waals surface area contributed by atoms with Crippen molar-refractivity contribution >= 4 is 6.09 Å². The summed E-state index contributed by atoms with van der Waals surface area (Å²) in [6.45, 7) is 8.06. The van der Waals surface area contributed by atoms with Crippen LogP contribution in [0.2, 0.25) is 0 Å². The van der Waals surface area contributed by atoms with E-state index in [9.17, 15) is 4.79 Å². The first-order valence-corrected chi connectivity index (χ1v) is 6.20. The van der Waals surface area contributed by atoms with Gasteiger partial charge in [0.15, 0.2) is 0 Å². The van der Waals surface area contributed by atoms with E-state index in [2.05, 4.69) is 17.3 Å². The quantitative estimate of drug-likeness (QED) is 0.752. The molecule has 0 aliphatic carbocycles. The number of hydrogen-bond donors (Lipinski definition) is 2. The number of nitrogens with zero attached hydrogens (tertiary/aromatic N) is 1. The van der Waals surface area contributed by atoms with E-state index in [1.165, 1.54) is 0 Å². The molecule has 100 valence electrons. The summed E-state index contributed by atoms with van der Waals surface area (Å²) in [6.07, 6.45) is 0.671. The molecule has 1 aliphatic heterocycles. The molecule has 0 spiro atoms. The Bertz CT molecular complexity index is 263. The number of hydrogen-bond acceptors (Lipinski definition) is 4. The van der Waals surface area contributed by atoms with Crippen LogP contribution in [0.25, 0.3) is 0 Å². The molecule has 2 unspecified atom stereocenters. The summed E-state index contributed by atoms with van der Waals surface area (Å²) in [4.78, 5) is 13.9. The van der Waals surface area contributed by atoms with Crippen molar-refractivity contribution in [3.63, 3.8) is 0 Å². The van der Waals surface area contributed by atoms with Gasteiger partial charge in [0, 0.05) is 12.6 Å². The molecule has 0 saturated carbocycles. The van der Waals surface area contributed by atoms with Crippen LogP contribution in [0, 0.1) is 5.92 Å². The van der Waals surface area contributed by atoms with Crippen LogP contribution in [0.4, 0.5) is 4.79 Å².